The zero-order valence-electron chi connectivity index (χ0n) is 12.9. The van der Waals surface area contributed by atoms with E-state index in [4.69, 9.17) is 21.7 Å². The Morgan fingerprint density at radius 2 is 1.65 bits per heavy atom. The Kier molecular flexibility index (Phi) is 4.97. The van der Waals surface area contributed by atoms with Crippen LogP contribution in [0.4, 0.5) is 0 Å². The molecule has 0 bridgehead atoms. The fourth-order valence-corrected chi connectivity index (χ4v) is 4.12. The van der Waals surface area contributed by atoms with Crippen LogP contribution in [0.3, 0.4) is 0 Å². The van der Waals surface area contributed by atoms with E-state index >= 15 is 0 Å². The Morgan fingerprint density at radius 3 is 2.26 bits per heavy atom. The fourth-order valence-electron chi connectivity index (χ4n) is 2.33. The van der Waals surface area contributed by atoms with Crippen molar-refractivity contribution in [2.24, 2.45) is 5.14 Å². The summed E-state index contributed by atoms with van der Waals surface area (Å²) < 4.78 is 0. The number of hydrogen-bond donors (Lipinski definition) is 1. The van der Waals surface area contributed by atoms with Crippen molar-refractivity contribution in [3.63, 3.8) is 0 Å². The Morgan fingerprint density at radius 1 is 1.04 bits per heavy atom. The molecule has 0 aliphatic rings. The summed E-state index contributed by atoms with van der Waals surface area (Å²) in [6.45, 7) is 4.02. The predicted octanol–water partition coefficient (Wildman–Crippen LogP) is 5.76. The molecule has 0 spiro atoms. The summed E-state index contributed by atoms with van der Waals surface area (Å²) in [4.78, 5) is 7.03. The lowest BCUT2D eigenvalue weighted by Gasteiger charge is -2.06. The average molecular weight is 361 g/mol. The van der Waals surface area contributed by atoms with Crippen LogP contribution in [0.2, 0.25) is 5.02 Å². The van der Waals surface area contributed by atoms with Gasteiger partial charge < -0.3 is 0 Å². The second kappa shape index (κ2) is 6.97. The topological polar surface area (TPSA) is 38.9 Å². The maximum atomic E-state index is 6.07. The Hall–Kier alpha value is -1.46. The number of nitrogens with two attached hydrogens (primary N) is 1. The number of aryl methyl sites for hydroxylation is 1. The Bertz CT molecular complexity index is 850. The van der Waals surface area contributed by atoms with Gasteiger partial charge >= 0.3 is 0 Å². The number of nitrogens with zero attached hydrogens (tertiary/aromatic N) is 1. The standard InChI is InChI=1S/C18H17ClN2S2/c1-3-23(20)16-10-6-14(7-11-16)18-17(21-12(2)22-18)13-4-8-15(19)9-5-13/h3-11H,20H2,1-2H3. The van der Waals surface area contributed by atoms with Crippen LogP contribution in [0.5, 0.6) is 0 Å². The molecule has 0 saturated carbocycles. The second-order valence-electron chi connectivity index (χ2n) is 5.05. The second-order valence-corrected chi connectivity index (χ2v) is 8.38. The summed E-state index contributed by atoms with van der Waals surface area (Å²) >= 11 is 7.70. The van der Waals surface area contributed by atoms with Crippen molar-refractivity contribution in [2.45, 2.75) is 18.7 Å². The zero-order chi connectivity index (χ0) is 16.4. The van der Waals surface area contributed by atoms with E-state index in [1.54, 1.807) is 11.3 Å². The van der Waals surface area contributed by atoms with Crippen LogP contribution in [0, 0.1) is 6.92 Å². The summed E-state index contributed by atoms with van der Waals surface area (Å²) in [7, 11) is -0.296. The normalized spacial score (nSPS) is 12.5. The lowest BCUT2D eigenvalue weighted by molar-refractivity contribution is 1.30. The van der Waals surface area contributed by atoms with Gasteiger partial charge in [-0.1, -0.05) is 46.5 Å². The first-order valence-electron chi connectivity index (χ1n) is 7.19. The monoisotopic (exact) mass is 360 g/mol. The fraction of sp³-hybridized carbons (Fsp3) is 0.111. The molecule has 0 amide bonds. The van der Waals surface area contributed by atoms with Crippen molar-refractivity contribution in [2.75, 3.05) is 0 Å². The first kappa shape index (κ1) is 16.4. The minimum absolute atomic E-state index is 0.296. The molecule has 0 saturated heterocycles. The molecule has 3 rings (SSSR count). The van der Waals surface area contributed by atoms with Gasteiger partial charge in [0.05, 0.1) is 15.6 Å². The molecule has 2 aromatic carbocycles. The SMILES string of the molecule is C/C=S(\N)c1ccc(-c2sc(C)nc2-c2ccc(Cl)cc2)cc1. The van der Waals surface area contributed by atoms with Gasteiger partial charge in [0.25, 0.3) is 0 Å². The molecule has 5 heteroatoms. The smallest absolute Gasteiger partial charge is 0.0908 e. The van der Waals surface area contributed by atoms with E-state index in [9.17, 15) is 0 Å². The third kappa shape index (κ3) is 3.56. The van der Waals surface area contributed by atoms with Crippen molar-refractivity contribution in [1.29, 1.82) is 0 Å². The predicted molar refractivity (Wildman–Crippen MR) is 105 cm³/mol. The lowest BCUT2D eigenvalue weighted by atomic mass is 10.1. The minimum atomic E-state index is -0.296. The van der Waals surface area contributed by atoms with E-state index in [0.717, 1.165) is 31.7 Å². The lowest BCUT2D eigenvalue weighted by Crippen LogP contribution is -1.88. The number of rotatable bonds is 3. The van der Waals surface area contributed by atoms with E-state index in [-0.39, 0.29) is 10.7 Å². The first-order valence-corrected chi connectivity index (χ1v) is 9.74. The van der Waals surface area contributed by atoms with E-state index < -0.39 is 0 Å². The van der Waals surface area contributed by atoms with Crippen LogP contribution in [0.1, 0.15) is 11.9 Å². The maximum absolute atomic E-state index is 6.07. The van der Waals surface area contributed by atoms with Gasteiger partial charge in [0.2, 0.25) is 0 Å². The van der Waals surface area contributed by atoms with Crippen LogP contribution in [0.25, 0.3) is 21.7 Å². The number of halogens is 1. The third-order valence-electron chi connectivity index (χ3n) is 3.49. The van der Waals surface area contributed by atoms with Gasteiger partial charge in [-0.3, -0.25) is 5.14 Å². The third-order valence-corrected chi connectivity index (χ3v) is 6.09. The number of benzene rings is 2. The highest BCUT2D eigenvalue weighted by Gasteiger charge is 2.13. The van der Waals surface area contributed by atoms with Gasteiger partial charge in [-0.25, -0.2) is 4.98 Å². The van der Waals surface area contributed by atoms with Crippen LogP contribution >= 0.6 is 33.6 Å². The molecule has 1 aromatic heterocycles. The van der Waals surface area contributed by atoms with Gasteiger partial charge in [0.1, 0.15) is 0 Å². The molecule has 0 fully saturated rings. The van der Waals surface area contributed by atoms with E-state index in [1.165, 1.54) is 4.88 Å². The van der Waals surface area contributed by atoms with Crippen molar-refractivity contribution < 1.29 is 0 Å². The largest absolute Gasteiger partial charge is 0.280 e. The summed E-state index contributed by atoms with van der Waals surface area (Å²) in [6.07, 6.45) is 0. The van der Waals surface area contributed by atoms with Gasteiger partial charge in [0, 0.05) is 15.5 Å². The van der Waals surface area contributed by atoms with Crippen LogP contribution < -0.4 is 5.14 Å². The molecule has 118 valence electrons. The minimum Gasteiger partial charge on any atom is -0.280 e. The molecule has 1 atom stereocenters. The van der Waals surface area contributed by atoms with Crippen molar-refractivity contribution in [3.05, 3.63) is 58.6 Å². The molecule has 1 unspecified atom stereocenters. The summed E-state index contributed by atoms with van der Waals surface area (Å²) in [5.74, 6) is 0. The molecule has 1 heterocycles. The van der Waals surface area contributed by atoms with Crippen molar-refractivity contribution >= 4 is 39.0 Å². The molecule has 2 nitrogen and oxygen atoms in total. The number of aromatic nitrogens is 1. The molecule has 23 heavy (non-hydrogen) atoms. The molecular formula is C18H17ClN2S2. The van der Waals surface area contributed by atoms with Gasteiger partial charge in [-0.05, 0) is 49.0 Å². The van der Waals surface area contributed by atoms with Crippen molar-refractivity contribution in [1.82, 2.24) is 4.98 Å². The summed E-state index contributed by atoms with van der Waals surface area (Å²) in [5.41, 5.74) is 3.25. The highest BCUT2D eigenvalue weighted by molar-refractivity contribution is 8.13. The van der Waals surface area contributed by atoms with Crippen molar-refractivity contribution in [3.8, 4) is 21.7 Å². The quantitative estimate of drug-likeness (QED) is 0.603. The Labute approximate surface area is 148 Å². The van der Waals surface area contributed by atoms with E-state index in [2.05, 4.69) is 24.3 Å². The molecule has 0 aliphatic heterocycles. The van der Waals surface area contributed by atoms with Gasteiger partial charge in [-0.2, -0.15) is 0 Å². The van der Waals surface area contributed by atoms with Crippen LogP contribution in [-0.2, 0) is 0 Å². The van der Waals surface area contributed by atoms with Gasteiger partial charge in [0.15, 0.2) is 0 Å². The number of hydrogen-bond acceptors (Lipinski definition) is 3. The van der Waals surface area contributed by atoms with Crippen LogP contribution in [0.15, 0.2) is 53.4 Å². The molecule has 3 aromatic rings. The highest BCUT2D eigenvalue weighted by Crippen LogP contribution is 2.37. The zero-order valence-corrected chi connectivity index (χ0v) is 15.3. The molecule has 2 N–H and O–H groups in total. The van der Waals surface area contributed by atoms with E-state index in [0.29, 0.717) is 0 Å². The molecule has 0 radical (unpaired) electrons. The average Bonchev–Trinajstić information content (AvgIpc) is 2.97. The Balaban J connectivity index is 2.05. The van der Waals surface area contributed by atoms with Gasteiger partial charge in [-0.15, -0.1) is 11.3 Å². The van der Waals surface area contributed by atoms with Crippen LogP contribution in [-0.4, -0.2) is 10.4 Å². The number of thiazole rings is 1. The maximum Gasteiger partial charge on any atom is 0.0908 e. The summed E-state index contributed by atoms with van der Waals surface area (Å²) in [6, 6.07) is 16.3. The molecular weight excluding hydrogens is 344 g/mol. The van der Waals surface area contributed by atoms with E-state index in [1.807, 2.05) is 43.5 Å². The summed E-state index contributed by atoms with van der Waals surface area (Å²) in [5, 5.41) is 9.88. The first-order chi connectivity index (χ1) is 11.1. The molecule has 0 aliphatic carbocycles. The highest BCUT2D eigenvalue weighted by atomic mass is 35.5.